The van der Waals surface area contributed by atoms with Crippen LogP contribution in [0.25, 0.3) is 0 Å². The molecule has 1 aromatic heterocycles. The molecule has 0 amide bonds. The number of carboxylic acids is 1. The van der Waals surface area contributed by atoms with Crippen LogP contribution in [0.1, 0.15) is 6.42 Å². The molecule has 6 heteroatoms. The molecule has 0 unspecified atom stereocenters. The molecule has 1 N–H and O–H groups in total. The van der Waals surface area contributed by atoms with Crippen LogP contribution in [-0.2, 0) is 16.1 Å². The van der Waals surface area contributed by atoms with Gasteiger partial charge in [-0.25, -0.2) is 4.79 Å². The molecule has 5 nitrogen and oxygen atoms in total. The van der Waals surface area contributed by atoms with Gasteiger partial charge in [-0.15, -0.1) is 12.4 Å². The van der Waals surface area contributed by atoms with Gasteiger partial charge >= 0.3 is 5.97 Å². The summed E-state index contributed by atoms with van der Waals surface area (Å²) in [5.41, 5.74) is 0. The van der Waals surface area contributed by atoms with Crippen LogP contribution in [-0.4, -0.2) is 33.6 Å². The van der Waals surface area contributed by atoms with Crippen molar-refractivity contribution in [2.24, 2.45) is 5.92 Å². The first-order chi connectivity index (χ1) is 6.77. The Balaban J connectivity index is 0.00000112. The van der Waals surface area contributed by atoms with Gasteiger partial charge in [-0.1, -0.05) is 0 Å². The normalized spacial score (nSPS) is 24.8. The summed E-state index contributed by atoms with van der Waals surface area (Å²) in [7, 11) is 0. The number of ether oxygens (including phenoxy) is 1. The summed E-state index contributed by atoms with van der Waals surface area (Å²) in [6, 6.07) is 1.82. The number of aliphatic carboxylic acids is 1. The maximum absolute atomic E-state index is 10.8. The Hall–Kier alpha value is -1.07. The van der Waals surface area contributed by atoms with Gasteiger partial charge in [0, 0.05) is 31.5 Å². The smallest absolute Gasteiger partial charge is 0.333 e. The lowest BCUT2D eigenvalue weighted by Gasteiger charge is -2.13. The average Bonchev–Trinajstić information content (AvgIpc) is 2.75. The molecule has 84 valence electrons. The van der Waals surface area contributed by atoms with Crippen LogP contribution in [0, 0.1) is 5.92 Å². The predicted octanol–water partition coefficient (Wildman–Crippen LogP) is 0.795. The van der Waals surface area contributed by atoms with Crippen molar-refractivity contribution >= 4 is 18.4 Å². The second-order valence-corrected chi connectivity index (χ2v) is 3.41. The summed E-state index contributed by atoms with van der Waals surface area (Å²) < 4.78 is 6.88. The van der Waals surface area contributed by atoms with Gasteiger partial charge in [0.2, 0.25) is 0 Å². The highest BCUT2D eigenvalue weighted by Gasteiger charge is 2.34. The van der Waals surface area contributed by atoms with Gasteiger partial charge < -0.3 is 9.84 Å². The van der Waals surface area contributed by atoms with Crippen LogP contribution in [0.3, 0.4) is 0 Å². The van der Waals surface area contributed by atoms with Gasteiger partial charge in [-0.2, -0.15) is 5.10 Å². The van der Waals surface area contributed by atoms with Crippen LogP contribution in [0.15, 0.2) is 18.5 Å². The number of carbonyl (C=O) groups is 1. The van der Waals surface area contributed by atoms with E-state index >= 15 is 0 Å². The molecule has 0 radical (unpaired) electrons. The van der Waals surface area contributed by atoms with Crippen LogP contribution in [0.4, 0.5) is 0 Å². The number of halogens is 1. The topological polar surface area (TPSA) is 64.3 Å². The summed E-state index contributed by atoms with van der Waals surface area (Å²) >= 11 is 0. The van der Waals surface area contributed by atoms with E-state index in [1.807, 2.05) is 12.3 Å². The van der Waals surface area contributed by atoms with Crippen molar-refractivity contribution in [3.63, 3.8) is 0 Å². The molecule has 1 aliphatic rings. The number of hydrogen-bond acceptors (Lipinski definition) is 3. The van der Waals surface area contributed by atoms with E-state index in [0.717, 1.165) is 6.42 Å². The quantitative estimate of drug-likeness (QED) is 0.837. The van der Waals surface area contributed by atoms with Gasteiger partial charge in [0.15, 0.2) is 6.10 Å². The number of aromatic nitrogens is 2. The highest BCUT2D eigenvalue weighted by atomic mass is 35.5. The number of carboxylic acid groups (broad SMARTS) is 1. The van der Waals surface area contributed by atoms with E-state index in [2.05, 4.69) is 5.10 Å². The fourth-order valence-electron chi connectivity index (χ4n) is 1.74. The highest BCUT2D eigenvalue weighted by Crippen LogP contribution is 2.22. The Kier molecular flexibility index (Phi) is 4.11. The minimum absolute atomic E-state index is 0. The van der Waals surface area contributed by atoms with E-state index in [4.69, 9.17) is 9.84 Å². The standard InChI is InChI=1S/C9H12N2O3.ClH/c12-9(13)8-7(2-5-14-8)6-11-4-1-3-10-11;/h1,3-4,7-8H,2,5-6H2,(H,12,13);1H/t7-,8-;/m0./s1. The minimum Gasteiger partial charge on any atom is -0.479 e. The zero-order valence-corrected chi connectivity index (χ0v) is 8.89. The minimum atomic E-state index is -0.875. The van der Waals surface area contributed by atoms with Gasteiger partial charge in [0.25, 0.3) is 0 Å². The van der Waals surface area contributed by atoms with Crippen LogP contribution < -0.4 is 0 Å². The first kappa shape index (κ1) is 12.0. The molecule has 0 bridgehead atoms. The molecule has 1 saturated heterocycles. The summed E-state index contributed by atoms with van der Waals surface area (Å²) in [5.74, 6) is -0.841. The monoisotopic (exact) mass is 232 g/mol. The van der Waals surface area contributed by atoms with E-state index in [0.29, 0.717) is 13.2 Å². The van der Waals surface area contributed by atoms with Crippen molar-refractivity contribution in [2.75, 3.05) is 6.61 Å². The molecule has 15 heavy (non-hydrogen) atoms. The summed E-state index contributed by atoms with van der Waals surface area (Å²) in [6.45, 7) is 1.15. The lowest BCUT2D eigenvalue weighted by Crippen LogP contribution is -2.29. The fourth-order valence-corrected chi connectivity index (χ4v) is 1.74. The number of rotatable bonds is 3. The summed E-state index contributed by atoms with van der Waals surface area (Å²) in [5, 5.41) is 12.9. The molecule has 1 aromatic rings. The summed E-state index contributed by atoms with van der Waals surface area (Å²) in [6.07, 6.45) is 3.64. The van der Waals surface area contributed by atoms with Gasteiger partial charge in [0.1, 0.15) is 0 Å². The predicted molar refractivity (Wildman–Crippen MR) is 55.0 cm³/mol. The Bertz CT molecular complexity index is 315. The molecule has 2 atom stereocenters. The largest absolute Gasteiger partial charge is 0.479 e. The zero-order valence-electron chi connectivity index (χ0n) is 8.07. The van der Waals surface area contributed by atoms with Crippen molar-refractivity contribution in [1.82, 2.24) is 9.78 Å². The third kappa shape index (κ3) is 2.70. The third-order valence-electron chi connectivity index (χ3n) is 2.44. The molecule has 2 rings (SSSR count). The van der Waals surface area contributed by atoms with Crippen molar-refractivity contribution in [2.45, 2.75) is 19.1 Å². The Morgan fingerprint density at radius 3 is 3.07 bits per heavy atom. The second kappa shape index (κ2) is 5.14. The molecule has 0 aliphatic carbocycles. The van der Waals surface area contributed by atoms with Crippen molar-refractivity contribution in [3.8, 4) is 0 Å². The molecule has 2 heterocycles. The van der Waals surface area contributed by atoms with Crippen LogP contribution in [0.5, 0.6) is 0 Å². The van der Waals surface area contributed by atoms with E-state index in [9.17, 15) is 4.79 Å². The van der Waals surface area contributed by atoms with Gasteiger partial charge in [-0.05, 0) is 12.5 Å². The Morgan fingerprint density at radius 1 is 1.67 bits per heavy atom. The molecule has 0 saturated carbocycles. The van der Waals surface area contributed by atoms with E-state index in [1.165, 1.54) is 0 Å². The van der Waals surface area contributed by atoms with Gasteiger partial charge in [0.05, 0.1) is 0 Å². The van der Waals surface area contributed by atoms with E-state index < -0.39 is 12.1 Å². The molecular weight excluding hydrogens is 220 g/mol. The highest BCUT2D eigenvalue weighted by molar-refractivity contribution is 5.85. The van der Waals surface area contributed by atoms with Crippen molar-refractivity contribution < 1.29 is 14.6 Å². The molecule has 0 spiro atoms. The summed E-state index contributed by atoms with van der Waals surface area (Å²) in [4.78, 5) is 10.8. The third-order valence-corrected chi connectivity index (χ3v) is 2.44. The first-order valence-corrected chi connectivity index (χ1v) is 4.59. The van der Waals surface area contributed by atoms with E-state index in [1.54, 1.807) is 10.9 Å². The Labute approximate surface area is 93.4 Å². The Morgan fingerprint density at radius 2 is 2.47 bits per heavy atom. The van der Waals surface area contributed by atoms with Crippen molar-refractivity contribution in [3.05, 3.63) is 18.5 Å². The van der Waals surface area contributed by atoms with E-state index in [-0.39, 0.29) is 18.3 Å². The maximum atomic E-state index is 10.8. The first-order valence-electron chi connectivity index (χ1n) is 4.59. The maximum Gasteiger partial charge on any atom is 0.333 e. The SMILES string of the molecule is Cl.O=C(O)[C@H]1OCC[C@H]1Cn1cccn1. The average molecular weight is 233 g/mol. The fraction of sp³-hybridized carbons (Fsp3) is 0.556. The lowest BCUT2D eigenvalue weighted by atomic mass is 10.0. The molecule has 1 aliphatic heterocycles. The zero-order chi connectivity index (χ0) is 9.97. The number of hydrogen-bond donors (Lipinski definition) is 1. The van der Waals surface area contributed by atoms with Gasteiger partial charge in [-0.3, -0.25) is 4.68 Å². The lowest BCUT2D eigenvalue weighted by molar-refractivity contribution is -0.149. The number of nitrogens with zero attached hydrogens (tertiary/aromatic N) is 2. The van der Waals surface area contributed by atoms with Crippen LogP contribution in [0.2, 0.25) is 0 Å². The second-order valence-electron chi connectivity index (χ2n) is 3.41. The molecular formula is C9H13ClN2O3. The van der Waals surface area contributed by atoms with Crippen LogP contribution >= 0.6 is 12.4 Å². The molecule has 1 fully saturated rings. The molecule has 0 aromatic carbocycles. The van der Waals surface area contributed by atoms with Crippen molar-refractivity contribution in [1.29, 1.82) is 0 Å².